The van der Waals surface area contributed by atoms with E-state index in [0.29, 0.717) is 0 Å². The van der Waals surface area contributed by atoms with Gasteiger partial charge in [-0.15, -0.1) is 0 Å². The first-order chi connectivity index (χ1) is 31.3. The first-order valence-electron chi connectivity index (χ1n) is 23.8. The fourth-order valence-electron chi connectivity index (χ4n) is 10.6. The van der Waals surface area contributed by atoms with E-state index in [0.717, 1.165) is 34.1 Å². The van der Waals surface area contributed by atoms with Gasteiger partial charge in [-0.1, -0.05) is 176 Å². The molecule has 0 atom stereocenters. The molecular weight excluding hydrogens is 797 g/mol. The second kappa shape index (κ2) is 15.5. The highest BCUT2D eigenvalue weighted by atomic mass is 15.1. The second-order valence-corrected chi connectivity index (χ2v) is 22.2. The molecule has 0 fully saturated rings. The molecule has 1 spiro atoms. The lowest BCUT2D eigenvalue weighted by molar-refractivity contribution is 0.588. The molecule has 0 amide bonds. The molecule has 0 saturated heterocycles. The van der Waals surface area contributed by atoms with Crippen LogP contribution in [0.3, 0.4) is 0 Å². The molecule has 0 aromatic heterocycles. The average Bonchev–Trinajstić information content (AvgIpc) is 3.73. The lowest BCUT2D eigenvalue weighted by Crippen LogP contribution is -2.27. The van der Waals surface area contributed by atoms with Crippen LogP contribution in [0.25, 0.3) is 22.3 Å². The summed E-state index contributed by atoms with van der Waals surface area (Å²) in [5.74, 6) is 0. The van der Waals surface area contributed by atoms with Crippen LogP contribution in [-0.2, 0) is 21.7 Å². The Morgan fingerprint density at radius 1 is 0.273 bits per heavy atom. The largest absolute Gasteiger partial charge is 0.310 e. The maximum Gasteiger partial charge on any atom is 0.0727 e. The van der Waals surface area contributed by atoms with Crippen LogP contribution in [0.1, 0.15) is 118 Å². The van der Waals surface area contributed by atoms with Gasteiger partial charge in [-0.2, -0.15) is 0 Å². The molecule has 2 aliphatic rings. The molecule has 10 rings (SSSR count). The molecular formula is C64H64N2. The number of aryl methyl sites for hydroxylation is 3. The fourth-order valence-corrected chi connectivity index (χ4v) is 10.6. The van der Waals surface area contributed by atoms with Crippen molar-refractivity contribution >= 4 is 34.1 Å². The molecule has 2 heteroatoms. The van der Waals surface area contributed by atoms with E-state index in [4.69, 9.17) is 0 Å². The maximum atomic E-state index is 2.55. The number of fused-ring (bicyclic) bond motifs is 10. The van der Waals surface area contributed by atoms with Crippen molar-refractivity contribution < 1.29 is 0 Å². The standard InChI is InChI=1S/C64H64N2/c1-41-13-23-47(24-14-41)65(49-27-18-44(19-28-49)61(4,5)6)51-31-35-55-56-36-32-52(66(48-25-15-42(2)16-26-48)50-29-20-45(21-30-50)62(7,8)9)40-60(56)64(59(55)39-51)57-37-43(3)17-33-53(57)54-34-22-46(38-58(54)64)63(10,11)12/h13-40H,1-12H3. The molecule has 0 unspecified atom stereocenters. The van der Waals surface area contributed by atoms with Gasteiger partial charge in [-0.25, -0.2) is 0 Å². The van der Waals surface area contributed by atoms with Crippen LogP contribution in [0.15, 0.2) is 170 Å². The van der Waals surface area contributed by atoms with Gasteiger partial charge in [0.2, 0.25) is 0 Å². The Bertz CT molecular complexity index is 2970. The van der Waals surface area contributed by atoms with Crippen LogP contribution in [0, 0.1) is 20.8 Å². The van der Waals surface area contributed by atoms with Gasteiger partial charge < -0.3 is 9.80 Å². The molecule has 0 bridgehead atoms. The number of benzene rings is 8. The Hall–Kier alpha value is -6.64. The van der Waals surface area contributed by atoms with E-state index >= 15 is 0 Å². The van der Waals surface area contributed by atoms with Gasteiger partial charge in [0.25, 0.3) is 0 Å². The third kappa shape index (κ3) is 7.17. The van der Waals surface area contributed by atoms with Crippen molar-refractivity contribution in [3.8, 4) is 22.3 Å². The molecule has 330 valence electrons. The molecule has 0 saturated carbocycles. The van der Waals surface area contributed by atoms with Crippen molar-refractivity contribution in [1.82, 2.24) is 0 Å². The maximum absolute atomic E-state index is 2.55. The predicted octanol–water partition coefficient (Wildman–Crippen LogP) is 17.8. The summed E-state index contributed by atoms with van der Waals surface area (Å²) in [6.45, 7) is 27.3. The van der Waals surface area contributed by atoms with Crippen molar-refractivity contribution in [2.24, 2.45) is 0 Å². The summed E-state index contributed by atoms with van der Waals surface area (Å²) in [6.07, 6.45) is 0. The summed E-state index contributed by atoms with van der Waals surface area (Å²) < 4.78 is 0. The van der Waals surface area contributed by atoms with E-state index in [2.05, 4.69) is 263 Å². The van der Waals surface area contributed by atoms with Crippen molar-refractivity contribution in [3.05, 3.63) is 225 Å². The third-order valence-corrected chi connectivity index (χ3v) is 14.3. The minimum Gasteiger partial charge on any atom is -0.310 e. The molecule has 66 heavy (non-hydrogen) atoms. The summed E-state index contributed by atoms with van der Waals surface area (Å²) in [4.78, 5) is 4.90. The topological polar surface area (TPSA) is 6.48 Å². The Morgan fingerprint density at radius 3 is 0.924 bits per heavy atom. The normalized spacial score (nSPS) is 13.6. The van der Waals surface area contributed by atoms with Crippen LogP contribution in [0.4, 0.5) is 34.1 Å². The minimum absolute atomic E-state index is 0.0439. The van der Waals surface area contributed by atoms with Crippen LogP contribution >= 0.6 is 0 Å². The first kappa shape index (κ1) is 43.3. The number of anilines is 6. The Balaban J connectivity index is 1.26. The van der Waals surface area contributed by atoms with Crippen LogP contribution in [0.5, 0.6) is 0 Å². The smallest absolute Gasteiger partial charge is 0.0727 e. The van der Waals surface area contributed by atoms with E-state index in [1.165, 1.54) is 77.9 Å². The lowest BCUT2D eigenvalue weighted by Gasteiger charge is -2.34. The highest BCUT2D eigenvalue weighted by molar-refractivity contribution is 5.98. The highest BCUT2D eigenvalue weighted by Crippen LogP contribution is 2.64. The molecule has 0 N–H and O–H groups in total. The van der Waals surface area contributed by atoms with Crippen molar-refractivity contribution in [3.63, 3.8) is 0 Å². The fraction of sp³-hybridized carbons (Fsp3) is 0.250. The van der Waals surface area contributed by atoms with Gasteiger partial charge in [-0.05, 0) is 171 Å². The van der Waals surface area contributed by atoms with Gasteiger partial charge in [0.1, 0.15) is 0 Å². The lowest BCUT2D eigenvalue weighted by atomic mass is 9.69. The number of nitrogens with zero attached hydrogens (tertiary/aromatic N) is 2. The van der Waals surface area contributed by atoms with Gasteiger partial charge in [-0.3, -0.25) is 0 Å². The molecule has 2 aliphatic carbocycles. The molecule has 0 heterocycles. The zero-order valence-electron chi connectivity index (χ0n) is 41.1. The predicted molar refractivity (Wildman–Crippen MR) is 282 cm³/mol. The number of hydrogen-bond donors (Lipinski definition) is 0. The van der Waals surface area contributed by atoms with Crippen molar-refractivity contribution in [2.75, 3.05) is 9.80 Å². The van der Waals surface area contributed by atoms with E-state index in [-0.39, 0.29) is 16.2 Å². The van der Waals surface area contributed by atoms with E-state index in [1.54, 1.807) is 0 Å². The number of rotatable bonds is 6. The van der Waals surface area contributed by atoms with Crippen LogP contribution < -0.4 is 9.80 Å². The third-order valence-electron chi connectivity index (χ3n) is 14.3. The first-order valence-corrected chi connectivity index (χ1v) is 23.8. The molecule has 8 aromatic rings. The molecule has 0 aliphatic heterocycles. The van der Waals surface area contributed by atoms with Gasteiger partial charge in [0.15, 0.2) is 0 Å². The van der Waals surface area contributed by atoms with E-state index in [9.17, 15) is 0 Å². The zero-order chi connectivity index (χ0) is 46.5. The summed E-state index contributed by atoms with van der Waals surface area (Å²) in [6, 6.07) is 65.5. The van der Waals surface area contributed by atoms with Crippen LogP contribution in [-0.4, -0.2) is 0 Å². The average molecular weight is 861 g/mol. The van der Waals surface area contributed by atoms with Crippen molar-refractivity contribution in [2.45, 2.75) is 105 Å². The minimum atomic E-state index is -0.585. The monoisotopic (exact) mass is 861 g/mol. The quantitative estimate of drug-likeness (QED) is 0.164. The summed E-state index contributed by atoms with van der Waals surface area (Å²) in [7, 11) is 0. The summed E-state index contributed by atoms with van der Waals surface area (Å²) >= 11 is 0. The SMILES string of the molecule is Cc1ccc(N(c2ccc(C(C)(C)C)cc2)c2ccc3c(c2)C2(c4cc(C)ccc4-c4ccc(C(C)(C)C)cc42)c2cc(N(c4ccc(C)cc4)c4ccc(C(C)(C)C)cc4)ccc2-3)cc1. The molecule has 2 nitrogen and oxygen atoms in total. The Labute approximate surface area is 394 Å². The molecule has 0 radical (unpaired) electrons. The summed E-state index contributed by atoms with van der Waals surface area (Å²) in [5, 5.41) is 0. The zero-order valence-corrected chi connectivity index (χ0v) is 41.1. The number of hydrogen-bond acceptors (Lipinski definition) is 2. The van der Waals surface area contributed by atoms with Gasteiger partial charge in [0.05, 0.1) is 5.41 Å². The van der Waals surface area contributed by atoms with Crippen LogP contribution in [0.2, 0.25) is 0 Å². The van der Waals surface area contributed by atoms with E-state index in [1.807, 2.05) is 0 Å². The van der Waals surface area contributed by atoms with Gasteiger partial charge >= 0.3 is 0 Å². The highest BCUT2D eigenvalue weighted by Gasteiger charge is 2.52. The Morgan fingerprint density at radius 2 is 0.545 bits per heavy atom. The summed E-state index contributed by atoms with van der Waals surface area (Å²) in [5.41, 5.74) is 24.6. The second-order valence-electron chi connectivity index (χ2n) is 22.2. The Kier molecular flexibility index (Phi) is 10.1. The molecule has 8 aromatic carbocycles. The van der Waals surface area contributed by atoms with E-state index < -0.39 is 5.41 Å². The van der Waals surface area contributed by atoms with Gasteiger partial charge in [0, 0.05) is 34.1 Å². The van der Waals surface area contributed by atoms with Crippen molar-refractivity contribution in [1.29, 1.82) is 0 Å².